The van der Waals surface area contributed by atoms with Gasteiger partial charge in [0.1, 0.15) is 4.99 Å². The molecule has 3 nitrogen and oxygen atoms in total. The van der Waals surface area contributed by atoms with E-state index >= 15 is 0 Å². The average Bonchev–Trinajstić information content (AvgIpc) is 2.47. The van der Waals surface area contributed by atoms with Gasteiger partial charge >= 0.3 is 0 Å². The van der Waals surface area contributed by atoms with Gasteiger partial charge in [0.25, 0.3) is 5.91 Å². The lowest BCUT2D eigenvalue weighted by atomic mass is 10.0. The maximum Gasteiger partial charge on any atom is 0.255 e. The number of hydrogen-bond donors (Lipinski definition) is 2. The van der Waals surface area contributed by atoms with Crippen molar-refractivity contribution in [2.24, 2.45) is 5.73 Å². The lowest BCUT2D eigenvalue weighted by molar-refractivity contribution is 0.102. The number of nitrogens with two attached hydrogens (primary N) is 1. The van der Waals surface area contributed by atoms with Crippen LogP contribution in [0.15, 0.2) is 48.5 Å². The molecule has 0 heterocycles. The van der Waals surface area contributed by atoms with Crippen molar-refractivity contribution < 1.29 is 4.79 Å². The highest BCUT2D eigenvalue weighted by Crippen LogP contribution is 2.16. The zero-order valence-corrected chi connectivity index (χ0v) is 12.9. The predicted molar refractivity (Wildman–Crippen MR) is 90.8 cm³/mol. The summed E-state index contributed by atoms with van der Waals surface area (Å²) in [4.78, 5) is 12.5. The highest BCUT2D eigenvalue weighted by molar-refractivity contribution is 7.80. The molecule has 4 heteroatoms. The molecule has 0 atom stereocenters. The van der Waals surface area contributed by atoms with E-state index in [1.807, 2.05) is 24.3 Å². The van der Waals surface area contributed by atoms with Crippen molar-refractivity contribution in [1.29, 1.82) is 0 Å². The van der Waals surface area contributed by atoms with Gasteiger partial charge in [-0.3, -0.25) is 4.79 Å². The second-order valence-corrected chi connectivity index (χ2v) is 5.61. The van der Waals surface area contributed by atoms with Gasteiger partial charge in [-0.15, -0.1) is 0 Å². The van der Waals surface area contributed by atoms with E-state index in [2.05, 4.69) is 19.2 Å². The Morgan fingerprint density at radius 1 is 1.00 bits per heavy atom. The number of carbonyl (C=O) groups is 1. The fraction of sp³-hybridized carbons (Fsp3) is 0.176. The quantitative estimate of drug-likeness (QED) is 0.846. The Morgan fingerprint density at radius 2 is 1.52 bits per heavy atom. The highest BCUT2D eigenvalue weighted by Gasteiger charge is 2.07. The molecule has 0 saturated carbocycles. The van der Waals surface area contributed by atoms with Gasteiger partial charge in [-0.2, -0.15) is 0 Å². The molecule has 2 aromatic carbocycles. The summed E-state index contributed by atoms with van der Waals surface area (Å²) in [5, 5.41) is 2.85. The SMILES string of the molecule is CC(C)c1ccc(C(=O)Nc2ccc(C(N)=S)cc2)cc1. The molecule has 0 aliphatic carbocycles. The molecule has 0 unspecified atom stereocenters. The van der Waals surface area contributed by atoms with Crippen molar-refractivity contribution in [3.8, 4) is 0 Å². The van der Waals surface area contributed by atoms with E-state index in [1.165, 1.54) is 5.56 Å². The van der Waals surface area contributed by atoms with E-state index in [1.54, 1.807) is 24.3 Å². The number of benzene rings is 2. The molecule has 1 amide bonds. The van der Waals surface area contributed by atoms with Gasteiger partial charge in [0.2, 0.25) is 0 Å². The standard InChI is InChI=1S/C17H18N2OS/c1-11(2)12-3-5-14(6-4-12)17(20)19-15-9-7-13(8-10-15)16(18)21/h3-11H,1-2H3,(H2,18,21)(H,19,20). The zero-order valence-electron chi connectivity index (χ0n) is 12.1. The molecule has 0 bridgehead atoms. The maximum absolute atomic E-state index is 12.2. The average molecular weight is 298 g/mol. The van der Waals surface area contributed by atoms with Crippen LogP contribution in [0.4, 0.5) is 5.69 Å². The molecule has 0 aliphatic heterocycles. The third-order valence-corrected chi connectivity index (χ3v) is 3.50. The molecule has 0 spiro atoms. The molecule has 0 radical (unpaired) electrons. The number of nitrogens with one attached hydrogen (secondary N) is 1. The maximum atomic E-state index is 12.2. The topological polar surface area (TPSA) is 55.1 Å². The molecule has 108 valence electrons. The third kappa shape index (κ3) is 3.89. The van der Waals surface area contributed by atoms with E-state index in [9.17, 15) is 4.79 Å². The Bertz CT molecular complexity index is 645. The smallest absolute Gasteiger partial charge is 0.255 e. The summed E-state index contributed by atoms with van der Waals surface area (Å²) < 4.78 is 0. The first-order valence-electron chi connectivity index (χ1n) is 6.78. The fourth-order valence-corrected chi connectivity index (χ4v) is 2.08. The molecule has 0 aromatic heterocycles. The summed E-state index contributed by atoms with van der Waals surface area (Å²) in [5.41, 5.74) is 8.89. The molecule has 0 aliphatic rings. The Hall–Kier alpha value is -2.20. The van der Waals surface area contributed by atoms with Crippen LogP contribution in [0.5, 0.6) is 0 Å². The monoisotopic (exact) mass is 298 g/mol. The first-order valence-corrected chi connectivity index (χ1v) is 7.19. The number of hydrogen-bond acceptors (Lipinski definition) is 2. The lowest BCUT2D eigenvalue weighted by Crippen LogP contribution is -2.13. The Morgan fingerprint density at radius 3 is 2.00 bits per heavy atom. The molecule has 0 fully saturated rings. The second-order valence-electron chi connectivity index (χ2n) is 5.17. The summed E-state index contributed by atoms with van der Waals surface area (Å²) in [5.74, 6) is 0.322. The number of anilines is 1. The number of thiocarbonyl (C=S) groups is 1. The number of carbonyl (C=O) groups excluding carboxylic acids is 1. The van der Waals surface area contributed by atoms with Crippen molar-refractivity contribution in [3.05, 3.63) is 65.2 Å². The Balaban J connectivity index is 2.08. The van der Waals surface area contributed by atoms with Crippen molar-refractivity contribution in [2.75, 3.05) is 5.32 Å². The van der Waals surface area contributed by atoms with Crippen LogP contribution >= 0.6 is 12.2 Å². The van der Waals surface area contributed by atoms with Crippen molar-refractivity contribution in [3.63, 3.8) is 0 Å². The van der Waals surface area contributed by atoms with Crippen LogP contribution in [0.2, 0.25) is 0 Å². The minimum Gasteiger partial charge on any atom is -0.389 e. The van der Waals surface area contributed by atoms with Crippen molar-refractivity contribution in [1.82, 2.24) is 0 Å². The summed E-state index contributed by atoms with van der Waals surface area (Å²) >= 11 is 4.89. The van der Waals surface area contributed by atoms with E-state index in [0.717, 1.165) is 5.56 Å². The van der Waals surface area contributed by atoms with Gasteiger partial charge in [0.05, 0.1) is 0 Å². The normalized spacial score (nSPS) is 10.4. The Kier molecular flexibility index (Phi) is 4.70. The van der Waals surface area contributed by atoms with E-state index < -0.39 is 0 Å². The van der Waals surface area contributed by atoms with Crippen molar-refractivity contribution in [2.45, 2.75) is 19.8 Å². The highest BCUT2D eigenvalue weighted by atomic mass is 32.1. The largest absolute Gasteiger partial charge is 0.389 e. The molecule has 0 saturated heterocycles. The van der Waals surface area contributed by atoms with Crippen LogP contribution in [0, 0.1) is 0 Å². The third-order valence-electron chi connectivity index (χ3n) is 3.27. The van der Waals surface area contributed by atoms with Gasteiger partial charge in [0.15, 0.2) is 0 Å². The minimum absolute atomic E-state index is 0.131. The first kappa shape index (κ1) is 15.2. The molecule has 21 heavy (non-hydrogen) atoms. The Labute approximate surface area is 130 Å². The lowest BCUT2D eigenvalue weighted by Gasteiger charge is -2.08. The molecular weight excluding hydrogens is 280 g/mol. The van der Waals surface area contributed by atoms with Gasteiger partial charge in [-0.1, -0.05) is 38.2 Å². The minimum atomic E-state index is -0.131. The van der Waals surface area contributed by atoms with Gasteiger partial charge in [-0.25, -0.2) is 0 Å². The van der Waals surface area contributed by atoms with Crippen LogP contribution in [-0.2, 0) is 0 Å². The second kappa shape index (κ2) is 6.50. The zero-order chi connectivity index (χ0) is 15.4. The first-order chi connectivity index (χ1) is 9.97. The van der Waals surface area contributed by atoms with Crippen LogP contribution in [0.3, 0.4) is 0 Å². The number of amides is 1. The predicted octanol–water partition coefficient (Wildman–Crippen LogP) is 3.70. The van der Waals surface area contributed by atoms with Crippen molar-refractivity contribution >= 4 is 28.8 Å². The van der Waals surface area contributed by atoms with Gasteiger partial charge < -0.3 is 11.1 Å². The molecular formula is C17H18N2OS. The van der Waals surface area contributed by atoms with Crippen LogP contribution < -0.4 is 11.1 Å². The van der Waals surface area contributed by atoms with Gasteiger partial charge in [-0.05, 0) is 47.9 Å². The van der Waals surface area contributed by atoms with Crippen LogP contribution in [0.1, 0.15) is 41.3 Å². The van der Waals surface area contributed by atoms with E-state index in [4.69, 9.17) is 18.0 Å². The van der Waals surface area contributed by atoms with Gasteiger partial charge in [0, 0.05) is 16.8 Å². The summed E-state index contributed by atoms with van der Waals surface area (Å²) in [6, 6.07) is 14.8. The fourth-order valence-electron chi connectivity index (χ4n) is 1.94. The molecule has 3 N–H and O–H groups in total. The molecule has 2 aromatic rings. The van der Waals surface area contributed by atoms with Crippen LogP contribution in [-0.4, -0.2) is 10.9 Å². The number of rotatable bonds is 4. The van der Waals surface area contributed by atoms with E-state index in [0.29, 0.717) is 22.2 Å². The summed E-state index contributed by atoms with van der Waals surface area (Å²) in [6.07, 6.45) is 0. The summed E-state index contributed by atoms with van der Waals surface area (Å²) in [6.45, 7) is 4.25. The summed E-state index contributed by atoms with van der Waals surface area (Å²) in [7, 11) is 0. The van der Waals surface area contributed by atoms with Crippen LogP contribution in [0.25, 0.3) is 0 Å². The molecule has 2 rings (SSSR count). The van der Waals surface area contributed by atoms with E-state index in [-0.39, 0.29) is 5.91 Å².